The van der Waals surface area contributed by atoms with Gasteiger partial charge >= 0.3 is 0 Å². The SMILES string of the molecule is Cc1cc2c(cc1C(=O)N1Cc3ccccc3C1)[nH]c(=O)c1nnc(-c3ccc(O)c(Cl)c3)n12. The van der Waals surface area contributed by atoms with Crippen molar-refractivity contribution < 1.29 is 9.90 Å². The second-order valence-electron chi connectivity index (χ2n) is 8.42. The molecule has 3 aromatic carbocycles. The number of halogens is 1. The van der Waals surface area contributed by atoms with E-state index in [0.29, 0.717) is 41.1 Å². The van der Waals surface area contributed by atoms with Crippen LogP contribution < -0.4 is 5.56 Å². The molecule has 0 spiro atoms. The number of nitrogens with one attached hydrogen (secondary N) is 1. The molecule has 1 aliphatic heterocycles. The first kappa shape index (κ1) is 20.4. The van der Waals surface area contributed by atoms with Crippen LogP contribution >= 0.6 is 11.6 Å². The first-order valence-electron chi connectivity index (χ1n) is 10.7. The number of rotatable bonds is 2. The molecule has 0 fully saturated rings. The van der Waals surface area contributed by atoms with Crippen LogP contribution in [-0.2, 0) is 13.1 Å². The fourth-order valence-corrected chi connectivity index (χ4v) is 4.71. The average Bonchev–Trinajstić information content (AvgIpc) is 3.46. The maximum Gasteiger partial charge on any atom is 0.294 e. The molecule has 2 N–H and O–H groups in total. The minimum atomic E-state index is -0.424. The number of aryl methyl sites for hydroxylation is 1. The minimum Gasteiger partial charge on any atom is -0.506 e. The highest BCUT2D eigenvalue weighted by atomic mass is 35.5. The molecule has 0 unspecified atom stereocenters. The topological polar surface area (TPSA) is 104 Å². The van der Waals surface area contributed by atoms with E-state index in [1.54, 1.807) is 27.5 Å². The summed E-state index contributed by atoms with van der Waals surface area (Å²) in [5.41, 5.74) is 5.02. The molecule has 168 valence electrons. The van der Waals surface area contributed by atoms with Gasteiger partial charge in [-0.2, -0.15) is 0 Å². The Labute approximate surface area is 198 Å². The number of hydrogen-bond acceptors (Lipinski definition) is 5. The molecule has 3 heterocycles. The van der Waals surface area contributed by atoms with Crippen LogP contribution in [0.1, 0.15) is 27.0 Å². The highest BCUT2D eigenvalue weighted by Gasteiger charge is 2.26. The normalized spacial score (nSPS) is 13.1. The Kier molecular flexibility index (Phi) is 4.46. The molecule has 9 heteroatoms. The van der Waals surface area contributed by atoms with Crippen molar-refractivity contribution in [1.82, 2.24) is 24.5 Å². The van der Waals surface area contributed by atoms with Gasteiger partial charge in [0.15, 0.2) is 5.82 Å². The lowest BCUT2D eigenvalue weighted by Crippen LogP contribution is -2.26. The van der Waals surface area contributed by atoms with Crippen molar-refractivity contribution in [2.45, 2.75) is 20.0 Å². The molecule has 5 aromatic rings. The number of carbonyl (C=O) groups excluding carboxylic acids is 1. The van der Waals surface area contributed by atoms with Gasteiger partial charge in [-0.05, 0) is 53.9 Å². The summed E-state index contributed by atoms with van der Waals surface area (Å²) in [5.74, 6) is 0.261. The Bertz CT molecular complexity index is 1680. The number of aromatic nitrogens is 4. The van der Waals surface area contributed by atoms with Gasteiger partial charge in [-0.3, -0.25) is 14.0 Å². The van der Waals surface area contributed by atoms with Gasteiger partial charge in [0.2, 0.25) is 5.65 Å². The Morgan fingerprint density at radius 2 is 1.79 bits per heavy atom. The van der Waals surface area contributed by atoms with Gasteiger partial charge in [-0.1, -0.05) is 35.9 Å². The van der Waals surface area contributed by atoms with E-state index in [1.165, 1.54) is 6.07 Å². The minimum absolute atomic E-state index is 0.0509. The second kappa shape index (κ2) is 7.43. The number of phenols is 1. The number of H-pyrrole nitrogens is 1. The number of hydrogen-bond donors (Lipinski definition) is 2. The predicted molar refractivity (Wildman–Crippen MR) is 128 cm³/mol. The summed E-state index contributed by atoms with van der Waals surface area (Å²) in [6.45, 7) is 2.98. The van der Waals surface area contributed by atoms with Crippen LogP contribution in [0.25, 0.3) is 28.1 Å². The Hall–Kier alpha value is -4.17. The van der Waals surface area contributed by atoms with Gasteiger partial charge in [0, 0.05) is 24.2 Å². The molecule has 0 saturated heterocycles. The quantitative estimate of drug-likeness (QED) is 0.404. The summed E-state index contributed by atoms with van der Waals surface area (Å²) in [7, 11) is 0. The Morgan fingerprint density at radius 1 is 1.06 bits per heavy atom. The maximum atomic E-state index is 13.4. The van der Waals surface area contributed by atoms with E-state index in [2.05, 4.69) is 15.2 Å². The van der Waals surface area contributed by atoms with Gasteiger partial charge in [-0.15, -0.1) is 10.2 Å². The number of amides is 1. The van der Waals surface area contributed by atoms with Crippen molar-refractivity contribution >= 4 is 34.2 Å². The summed E-state index contributed by atoms with van der Waals surface area (Å²) < 4.78 is 1.64. The van der Waals surface area contributed by atoms with Crippen molar-refractivity contribution in [3.63, 3.8) is 0 Å². The first-order valence-corrected chi connectivity index (χ1v) is 11.1. The predicted octanol–water partition coefficient (Wildman–Crippen LogP) is 4.06. The van der Waals surface area contributed by atoms with Crippen LogP contribution in [0.3, 0.4) is 0 Å². The number of aromatic hydroxyl groups is 1. The van der Waals surface area contributed by atoms with Crippen LogP contribution in [-0.4, -0.2) is 35.5 Å². The van der Waals surface area contributed by atoms with Crippen molar-refractivity contribution in [1.29, 1.82) is 0 Å². The van der Waals surface area contributed by atoms with Crippen molar-refractivity contribution in [3.8, 4) is 17.1 Å². The molecule has 34 heavy (non-hydrogen) atoms. The molecular weight excluding hydrogens is 454 g/mol. The zero-order valence-corrected chi connectivity index (χ0v) is 18.8. The lowest BCUT2D eigenvalue weighted by atomic mass is 10.1. The van der Waals surface area contributed by atoms with Crippen LogP contribution in [0.5, 0.6) is 5.75 Å². The van der Waals surface area contributed by atoms with E-state index in [4.69, 9.17) is 11.6 Å². The highest BCUT2D eigenvalue weighted by molar-refractivity contribution is 6.32. The Morgan fingerprint density at radius 3 is 2.50 bits per heavy atom. The molecule has 0 aliphatic carbocycles. The maximum absolute atomic E-state index is 13.4. The average molecular weight is 472 g/mol. The van der Waals surface area contributed by atoms with Crippen molar-refractivity contribution in [2.75, 3.05) is 0 Å². The first-order chi connectivity index (χ1) is 16.4. The van der Waals surface area contributed by atoms with Gasteiger partial charge < -0.3 is 15.0 Å². The smallest absolute Gasteiger partial charge is 0.294 e. The molecule has 8 nitrogen and oxygen atoms in total. The molecule has 1 amide bonds. The molecule has 2 aromatic heterocycles. The van der Waals surface area contributed by atoms with E-state index in [-0.39, 0.29) is 22.3 Å². The summed E-state index contributed by atoms with van der Waals surface area (Å²) in [4.78, 5) is 30.8. The van der Waals surface area contributed by atoms with E-state index < -0.39 is 5.56 Å². The van der Waals surface area contributed by atoms with Gasteiger partial charge in [0.25, 0.3) is 11.5 Å². The van der Waals surface area contributed by atoms with Gasteiger partial charge in [0.05, 0.1) is 16.1 Å². The number of nitrogens with zero attached hydrogens (tertiary/aromatic N) is 4. The van der Waals surface area contributed by atoms with Crippen LogP contribution in [0.15, 0.2) is 59.4 Å². The summed E-state index contributed by atoms with van der Waals surface area (Å²) >= 11 is 6.09. The van der Waals surface area contributed by atoms with E-state index in [9.17, 15) is 14.7 Å². The van der Waals surface area contributed by atoms with Gasteiger partial charge in [0.1, 0.15) is 5.75 Å². The fraction of sp³-hybridized carbons (Fsp3) is 0.120. The van der Waals surface area contributed by atoms with E-state index >= 15 is 0 Å². The second-order valence-corrected chi connectivity index (χ2v) is 8.82. The van der Waals surface area contributed by atoms with E-state index in [1.807, 2.05) is 37.3 Å². The lowest BCUT2D eigenvalue weighted by molar-refractivity contribution is 0.0751. The lowest BCUT2D eigenvalue weighted by Gasteiger charge is -2.18. The zero-order chi connectivity index (χ0) is 23.6. The fourth-order valence-electron chi connectivity index (χ4n) is 4.53. The summed E-state index contributed by atoms with van der Waals surface area (Å²) in [6.07, 6.45) is 0. The molecule has 6 rings (SSSR count). The molecule has 0 radical (unpaired) electrons. The third kappa shape index (κ3) is 3.07. The Balaban J connectivity index is 1.50. The molecule has 1 aliphatic rings. The van der Waals surface area contributed by atoms with Gasteiger partial charge in [-0.25, -0.2) is 0 Å². The van der Waals surface area contributed by atoms with Crippen LogP contribution in [0.2, 0.25) is 5.02 Å². The third-order valence-electron chi connectivity index (χ3n) is 6.26. The number of carbonyl (C=O) groups is 1. The number of benzene rings is 3. The monoisotopic (exact) mass is 471 g/mol. The molecule has 0 bridgehead atoms. The molecular formula is C25H18ClN5O3. The van der Waals surface area contributed by atoms with Crippen LogP contribution in [0.4, 0.5) is 0 Å². The third-order valence-corrected chi connectivity index (χ3v) is 6.56. The number of phenolic OH excluding ortho intramolecular Hbond substituents is 1. The largest absolute Gasteiger partial charge is 0.506 e. The van der Waals surface area contributed by atoms with E-state index in [0.717, 1.165) is 16.7 Å². The standard InChI is InChI=1S/C25H18ClN5O3/c1-13-8-20-19(10-17(13)25(34)30-11-15-4-2-3-5-16(15)12-30)27-24(33)23-29-28-22(31(20)23)14-6-7-21(32)18(26)9-14/h2-10,32H,11-12H2,1H3,(H,27,33). The van der Waals surface area contributed by atoms with Crippen molar-refractivity contribution in [3.05, 3.63) is 92.2 Å². The molecule has 0 saturated carbocycles. The van der Waals surface area contributed by atoms with Crippen molar-refractivity contribution in [2.24, 2.45) is 0 Å². The van der Waals surface area contributed by atoms with Crippen LogP contribution in [0, 0.1) is 6.92 Å². The summed E-state index contributed by atoms with van der Waals surface area (Å²) in [5, 5.41) is 18.2. The number of aromatic amines is 1. The summed E-state index contributed by atoms with van der Waals surface area (Å²) in [6, 6.07) is 16.3. The highest BCUT2D eigenvalue weighted by Crippen LogP contribution is 2.31. The number of fused-ring (bicyclic) bond motifs is 4. The molecule has 0 atom stereocenters. The zero-order valence-electron chi connectivity index (χ0n) is 18.0.